The lowest BCUT2D eigenvalue weighted by molar-refractivity contribution is -0.119. The zero-order valence-electron chi connectivity index (χ0n) is 16.6. The smallest absolute Gasteiger partial charge is 0.338 e. The number of benzene rings is 1. The molecular formula is C22H23NO4S2. The van der Waals surface area contributed by atoms with Crippen molar-refractivity contribution in [2.24, 2.45) is 0 Å². The zero-order valence-corrected chi connectivity index (χ0v) is 18.3. The van der Waals surface area contributed by atoms with Crippen molar-refractivity contribution in [1.82, 2.24) is 0 Å². The van der Waals surface area contributed by atoms with Gasteiger partial charge in [0, 0.05) is 10.1 Å². The number of thiophene rings is 1. The van der Waals surface area contributed by atoms with Gasteiger partial charge in [-0.3, -0.25) is 9.59 Å². The topological polar surface area (TPSA) is 63.7 Å². The number of hydrogen-bond donors (Lipinski definition) is 0. The van der Waals surface area contributed by atoms with Gasteiger partial charge in [-0.05, 0) is 42.1 Å². The molecule has 0 unspecified atom stereocenters. The molecule has 0 spiro atoms. The molecule has 0 atom stereocenters. The first kappa shape index (κ1) is 21.3. The molecule has 1 aliphatic heterocycles. The molecule has 1 aliphatic rings. The van der Waals surface area contributed by atoms with Crippen LogP contribution >= 0.6 is 23.1 Å². The first-order valence-corrected chi connectivity index (χ1v) is 11.3. The van der Waals surface area contributed by atoms with E-state index in [1.165, 1.54) is 28.0 Å². The molecular weight excluding hydrogens is 406 g/mol. The second kappa shape index (κ2) is 9.41. The molecule has 3 rings (SSSR count). The molecule has 2 aromatic rings. The molecule has 1 aromatic carbocycles. The number of rotatable bonds is 8. The Balaban J connectivity index is 1.86. The number of amides is 2. The van der Waals surface area contributed by atoms with E-state index in [0.29, 0.717) is 28.3 Å². The highest BCUT2D eigenvalue weighted by molar-refractivity contribution is 8.04. The first-order chi connectivity index (χ1) is 13.9. The highest BCUT2D eigenvalue weighted by Crippen LogP contribution is 2.41. The summed E-state index contributed by atoms with van der Waals surface area (Å²) in [6.45, 7) is 6.38. The molecule has 2 amide bonds. The maximum Gasteiger partial charge on any atom is 0.338 e. The number of carbonyl (C=O) groups excluding carboxylic acids is 3. The van der Waals surface area contributed by atoms with Crippen molar-refractivity contribution < 1.29 is 19.1 Å². The van der Waals surface area contributed by atoms with E-state index >= 15 is 0 Å². The second-order valence-electron chi connectivity index (χ2n) is 6.83. The van der Waals surface area contributed by atoms with Gasteiger partial charge in [0.2, 0.25) is 0 Å². The third-order valence-electron chi connectivity index (χ3n) is 4.25. The van der Waals surface area contributed by atoms with E-state index in [2.05, 4.69) is 0 Å². The molecule has 0 radical (unpaired) electrons. The average Bonchev–Trinajstić information content (AvgIpc) is 3.29. The Hall–Kier alpha value is -2.38. The number of carbonyl (C=O) groups is 3. The quantitative estimate of drug-likeness (QED) is 0.331. The van der Waals surface area contributed by atoms with Crippen molar-refractivity contribution in [2.45, 2.75) is 38.9 Å². The largest absolute Gasteiger partial charge is 0.462 e. The lowest BCUT2D eigenvalue weighted by Crippen LogP contribution is -2.31. The third kappa shape index (κ3) is 4.62. The standard InChI is InChI=1S/C22H23NO4S2/c1-4-5-12-27-22(26)15-8-10-16(11-9-15)23-20(24)18(17-7-6-13-28-17)19(21(23)25)29-14(2)3/h6-11,13-14H,4-5,12H2,1-3H3. The van der Waals surface area contributed by atoms with Crippen LogP contribution in [0, 0.1) is 0 Å². The average molecular weight is 430 g/mol. The Labute approximate surface area is 178 Å². The molecule has 0 bridgehead atoms. The number of ether oxygens (including phenoxy) is 1. The summed E-state index contributed by atoms with van der Waals surface area (Å²) in [7, 11) is 0. The van der Waals surface area contributed by atoms with Crippen LogP contribution in [-0.4, -0.2) is 29.6 Å². The van der Waals surface area contributed by atoms with Gasteiger partial charge in [-0.25, -0.2) is 9.69 Å². The molecule has 152 valence electrons. The first-order valence-electron chi connectivity index (χ1n) is 9.54. The molecule has 0 N–H and O–H groups in total. The minimum absolute atomic E-state index is 0.164. The number of thioether (sulfide) groups is 1. The van der Waals surface area contributed by atoms with Crippen LogP contribution in [0.25, 0.3) is 5.57 Å². The fourth-order valence-electron chi connectivity index (χ4n) is 2.87. The fourth-order valence-corrected chi connectivity index (χ4v) is 4.68. The van der Waals surface area contributed by atoms with Crippen LogP contribution in [-0.2, 0) is 14.3 Å². The van der Waals surface area contributed by atoms with E-state index in [9.17, 15) is 14.4 Å². The van der Waals surface area contributed by atoms with Gasteiger partial charge < -0.3 is 4.74 Å². The van der Waals surface area contributed by atoms with E-state index in [0.717, 1.165) is 17.7 Å². The summed E-state index contributed by atoms with van der Waals surface area (Å²) in [6, 6.07) is 10.1. The van der Waals surface area contributed by atoms with Gasteiger partial charge in [-0.15, -0.1) is 23.1 Å². The van der Waals surface area contributed by atoms with Gasteiger partial charge in [0.25, 0.3) is 11.8 Å². The van der Waals surface area contributed by atoms with Crippen LogP contribution in [0.3, 0.4) is 0 Å². The van der Waals surface area contributed by atoms with Crippen LogP contribution in [0.5, 0.6) is 0 Å². The van der Waals surface area contributed by atoms with Crippen molar-refractivity contribution in [3.8, 4) is 0 Å². The molecule has 0 saturated heterocycles. The van der Waals surface area contributed by atoms with Gasteiger partial charge in [-0.2, -0.15) is 0 Å². The van der Waals surface area contributed by atoms with Gasteiger partial charge in [0.1, 0.15) is 0 Å². The summed E-state index contributed by atoms with van der Waals surface area (Å²) in [4.78, 5) is 40.8. The number of unbranched alkanes of at least 4 members (excludes halogenated alkanes) is 1. The Bertz CT molecular complexity index is 930. The lowest BCUT2D eigenvalue weighted by Gasteiger charge is -2.15. The monoisotopic (exact) mass is 429 g/mol. The number of imide groups is 1. The van der Waals surface area contributed by atoms with Crippen molar-refractivity contribution in [3.63, 3.8) is 0 Å². The molecule has 1 aromatic heterocycles. The number of hydrogen-bond acceptors (Lipinski definition) is 6. The van der Waals surface area contributed by atoms with E-state index in [1.54, 1.807) is 24.3 Å². The Morgan fingerprint density at radius 1 is 1.14 bits per heavy atom. The second-order valence-corrected chi connectivity index (χ2v) is 9.36. The van der Waals surface area contributed by atoms with Gasteiger partial charge in [-0.1, -0.05) is 33.3 Å². The van der Waals surface area contributed by atoms with E-state index in [4.69, 9.17) is 4.74 Å². The van der Waals surface area contributed by atoms with Crippen LogP contribution in [0.15, 0.2) is 46.7 Å². The zero-order chi connectivity index (χ0) is 21.0. The number of esters is 1. The van der Waals surface area contributed by atoms with Crippen molar-refractivity contribution in [3.05, 3.63) is 57.1 Å². The summed E-state index contributed by atoms with van der Waals surface area (Å²) >= 11 is 2.84. The lowest BCUT2D eigenvalue weighted by atomic mass is 10.2. The Morgan fingerprint density at radius 3 is 2.45 bits per heavy atom. The van der Waals surface area contributed by atoms with E-state index in [-0.39, 0.29) is 17.1 Å². The predicted octanol–water partition coefficient (Wildman–Crippen LogP) is 5.13. The summed E-state index contributed by atoms with van der Waals surface area (Å²) in [5.41, 5.74) is 1.29. The predicted molar refractivity (Wildman–Crippen MR) is 118 cm³/mol. The van der Waals surface area contributed by atoms with Crippen molar-refractivity contribution in [1.29, 1.82) is 0 Å². The van der Waals surface area contributed by atoms with Gasteiger partial charge in [0.15, 0.2) is 0 Å². The maximum atomic E-state index is 13.1. The van der Waals surface area contributed by atoms with Crippen molar-refractivity contribution in [2.75, 3.05) is 11.5 Å². The third-order valence-corrected chi connectivity index (χ3v) is 6.23. The van der Waals surface area contributed by atoms with Gasteiger partial charge >= 0.3 is 5.97 Å². The maximum absolute atomic E-state index is 13.1. The molecule has 2 heterocycles. The Kier molecular flexibility index (Phi) is 6.92. The van der Waals surface area contributed by atoms with Crippen molar-refractivity contribution >= 4 is 52.1 Å². The molecule has 0 fully saturated rings. The Morgan fingerprint density at radius 2 is 1.86 bits per heavy atom. The minimum atomic E-state index is -0.405. The van der Waals surface area contributed by atoms with Crippen LogP contribution in [0.4, 0.5) is 5.69 Å². The molecule has 7 heteroatoms. The van der Waals surface area contributed by atoms with Gasteiger partial charge in [0.05, 0.1) is 28.3 Å². The normalized spacial score (nSPS) is 14.3. The van der Waals surface area contributed by atoms with E-state index in [1.807, 2.05) is 38.3 Å². The molecule has 0 saturated carbocycles. The number of anilines is 1. The molecule has 5 nitrogen and oxygen atoms in total. The highest BCUT2D eigenvalue weighted by atomic mass is 32.2. The molecule has 0 aliphatic carbocycles. The summed E-state index contributed by atoms with van der Waals surface area (Å²) in [6.07, 6.45) is 1.76. The summed E-state index contributed by atoms with van der Waals surface area (Å²) in [5.74, 6) is -1.06. The minimum Gasteiger partial charge on any atom is -0.462 e. The van der Waals surface area contributed by atoms with Crippen LogP contribution in [0.2, 0.25) is 0 Å². The fraction of sp³-hybridized carbons (Fsp3) is 0.318. The van der Waals surface area contributed by atoms with E-state index < -0.39 is 5.97 Å². The van der Waals surface area contributed by atoms with Crippen LogP contribution in [0.1, 0.15) is 48.8 Å². The summed E-state index contributed by atoms with van der Waals surface area (Å²) < 4.78 is 5.21. The number of nitrogens with zero attached hydrogens (tertiary/aromatic N) is 1. The SMILES string of the molecule is CCCCOC(=O)c1ccc(N2C(=O)C(SC(C)C)=C(c3cccs3)C2=O)cc1. The molecule has 29 heavy (non-hydrogen) atoms. The highest BCUT2D eigenvalue weighted by Gasteiger charge is 2.40. The summed E-state index contributed by atoms with van der Waals surface area (Å²) in [5, 5.41) is 2.05. The van der Waals surface area contributed by atoms with Crippen LogP contribution < -0.4 is 4.90 Å².